The van der Waals surface area contributed by atoms with Crippen molar-refractivity contribution in [2.24, 2.45) is 0 Å². The lowest BCUT2D eigenvalue weighted by molar-refractivity contribution is 0.100. The van der Waals surface area contributed by atoms with Gasteiger partial charge in [0.2, 0.25) is 0 Å². The summed E-state index contributed by atoms with van der Waals surface area (Å²) >= 11 is 0. The fourth-order valence-electron chi connectivity index (χ4n) is 2.71. The molecule has 34 heavy (non-hydrogen) atoms. The molecular formula is C26H28O8. The average molecular weight is 469 g/mol. The van der Waals surface area contributed by atoms with E-state index >= 15 is 0 Å². The molecular weight excluding hydrogens is 440 g/mol. The van der Waals surface area contributed by atoms with Crippen LogP contribution in [0.1, 0.15) is 57.4 Å². The SMILES string of the molecule is CC(=O)c1cc(C)ccc1O.CC(=O)c1cc(O)ccc1O.COc1ccc(O)cc1C(C)=O. The molecule has 0 amide bonds. The quantitative estimate of drug-likeness (QED) is 0.316. The molecule has 0 saturated carbocycles. The topological polar surface area (TPSA) is 141 Å². The second-order valence-corrected chi connectivity index (χ2v) is 7.28. The molecule has 0 atom stereocenters. The Balaban J connectivity index is 0.000000255. The predicted octanol–water partition coefficient (Wildman–Crippen LogP) is 4.81. The number of carbonyl (C=O) groups excluding carboxylic acids is 3. The zero-order chi connectivity index (χ0) is 26.0. The Kier molecular flexibility index (Phi) is 10.3. The fraction of sp³-hybridized carbons (Fsp3) is 0.192. The standard InChI is InChI=1S/C9H10O3.C9H10O2.C8H8O3/c1-6(10)8-5-7(11)3-4-9(8)12-2;1-6-3-4-9(11)8(5-6)7(2)10;1-5(9)7-4-6(10)2-3-8(7)11/h3-5,11H,1-2H3;3-5,11H,1-2H3;2-4,10-11H,1H3. The van der Waals surface area contributed by atoms with Gasteiger partial charge in [0.15, 0.2) is 17.3 Å². The Labute approximate surface area is 197 Å². The molecule has 0 fully saturated rings. The van der Waals surface area contributed by atoms with Gasteiger partial charge in [-0.2, -0.15) is 0 Å². The molecule has 0 aliphatic carbocycles. The summed E-state index contributed by atoms with van der Waals surface area (Å²) in [4.78, 5) is 32.6. The van der Waals surface area contributed by atoms with Gasteiger partial charge in [-0.05, 0) is 76.2 Å². The first-order valence-corrected chi connectivity index (χ1v) is 10.1. The number of methoxy groups -OCH3 is 1. The number of ketones is 3. The van der Waals surface area contributed by atoms with Crippen LogP contribution in [0.25, 0.3) is 0 Å². The summed E-state index contributed by atoms with van der Waals surface area (Å²) in [5, 5.41) is 36.3. The van der Waals surface area contributed by atoms with Gasteiger partial charge in [0.25, 0.3) is 0 Å². The minimum atomic E-state index is -0.265. The summed E-state index contributed by atoms with van der Waals surface area (Å²) in [5.74, 6) is 0.0000463. The Hall–Kier alpha value is -4.33. The highest BCUT2D eigenvalue weighted by atomic mass is 16.5. The van der Waals surface area contributed by atoms with Crippen LogP contribution >= 0.6 is 0 Å². The van der Waals surface area contributed by atoms with Crippen LogP contribution in [0.5, 0.6) is 28.7 Å². The van der Waals surface area contributed by atoms with Gasteiger partial charge in [-0.25, -0.2) is 0 Å². The Bertz CT molecular complexity index is 1120. The number of ether oxygens (including phenoxy) is 1. The molecule has 3 aromatic carbocycles. The van der Waals surface area contributed by atoms with E-state index in [1.807, 2.05) is 6.92 Å². The number of rotatable bonds is 4. The van der Waals surface area contributed by atoms with E-state index in [1.54, 1.807) is 18.2 Å². The average Bonchev–Trinajstić information content (AvgIpc) is 2.77. The number of carbonyl (C=O) groups is 3. The molecule has 3 aromatic rings. The van der Waals surface area contributed by atoms with E-state index in [0.29, 0.717) is 16.9 Å². The smallest absolute Gasteiger partial charge is 0.163 e. The van der Waals surface area contributed by atoms with Gasteiger partial charge in [-0.1, -0.05) is 11.6 Å². The van der Waals surface area contributed by atoms with Crippen LogP contribution in [0.4, 0.5) is 0 Å². The van der Waals surface area contributed by atoms with Crippen molar-refractivity contribution in [1.82, 2.24) is 0 Å². The molecule has 0 bridgehead atoms. The van der Waals surface area contributed by atoms with Crippen molar-refractivity contribution in [3.63, 3.8) is 0 Å². The highest BCUT2D eigenvalue weighted by molar-refractivity contribution is 5.98. The third kappa shape index (κ3) is 8.31. The molecule has 4 N–H and O–H groups in total. The number of aryl methyl sites for hydroxylation is 1. The highest BCUT2D eigenvalue weighted by Crippen LogP contribution is 2.23. The van der Waals surface area contributed by atoms with Gasteiger partial charge in [-0.15, -0.1) is 0 Å². The molecule has 0 aromatic heterocycles. The number of benzene rings is 3. The van der Waals surface area contributed by atoms with Crippen LogP contribution in [0.3, 0.4) is 0 Å². The number of hydrogen-bond donors (Lipinski definition) is 4. The van der Waals surface area contributed by atoms with Crippen molar-refractivity contribution in [1.29, 1.82) is 0 Å². The third-order valence-electron chi connectivity index (χ3n) is 4.45. The first-order valence-electron chi connectivity index (χ1n) is 10.1. The molecule has 8 heteroatoms. The minimum Gasteiger partial charge on any atom is -0.508 e. The van der Waals surface area contributed by atoms with E-state index in [2.05, 4.69) is 0 Å². The zero-order valence-corrected chi connectivity index (χ0v) is 19.6. The number of phenols is 4. The number of phenolic OH excluding ortho intramolecular Hbond substituents is 4. The molecule has 0 unspecified atom stereocenters. The van der Waals surface area contributed by atoms with E-state index in [4.69, 9.17) is 20.1 Å². The molecule has 0 heterocycles. The van der Waals surface area contributed by atoms with Crippen molar-refractivity contribution >= 4 is 17.3 Å². The number of Topliss-reactive ketones (excluding diaryl/α,β-unsaturated/α-hetero) is 3. The second-order valence-electron chi connectivity index (χ2n) is 7.28. The van der Waals surface area contributed by atoms with Crippen molar-refractivity contribution in [2.75, 3.05) is 7.11 Å². The number of aromatic hydroxyl groups is 4. The van der Waals surface area contributed by atoms with E-state index in [1.165, 1.54) is 64.3 Å². The lowest BCUT2D eigenvalue weighted by atomic mass is 10.1. The maximum atomic E-state index is 11.0. The lowest BCUT2D eigenvalue weighted by Gasteiger charge is -2.04. The van der Waals surface area contributed by atoms with E-state index in [0.717, 1.165) is 5.56 Å². The van der Waals surface area contributed by atoms with Crippen molar-refractivity contribution in [3.05, 3.63) is 76.9 Å². The Morgan fingerprint density at radius 2 is 1.03 bits per heavy atom. The van der Waals surface area contributed by atoms with Gasteiger partial charge < -0.3 is 25.2 Å². The van der Waals surface area contributed by atoms with Crippen LogP contribution in [0.15, 0.2) is 54.6 Å². The first kappa shape index (κ1) is 27.7. The summed E-state index contributed by atoms with van der Waals surface area (Å²) in [5.41, 5.74) is 1.92. The molecule has 0 radical (unpaired) electrons. The number of hydrogen-bond acceptors (Lipinski definition) is 8. The normalized spacial score (nSPS) is 9.56. The molecule has 0 aliphatic rings. The molecule has 0 spiro atoms. The summed E-state index contributed by atoms with van der Waals surface area (Å²) in [7, 11) is 1.48. The molecule has 0 aliphatic heterocycles. The van der Waals surface area contributed by atoms with Crippen LogP contribution < -0.4 is 4.74 Å². The lowest BCUT2D eigenvalue weighted by Crippen LogP contribution is -1.96. The largest absolute Gasteiger partial charge is 0.508 e. The summed E-state index contributed by atoms with van der Waals surface area (Å²) in [6.07, 6.45) is 0. The summed E-state index contributed by atoms with van der Waals surface area (Å²) in [6.45, 7) is 6.08. The van der Waals surface area contributed by atoms with Crippen LogP contribution in [0.2, 0.25) is 0 Å². The minimum absolute atomic E-state index is 0.0204. The van der Waals surface area contributed by atoms with Crippen molar-refractivity contribution in [2.45, 2.75) is 27.7 Å². The van der Waals surface area contributed by atoms with Crippen LogP contribution in [-0.2, 0) is 0 Å². The molecule has 180 valence electrons. The van der Waals surface area contributed by atoms with Gasteiger partial charge in [-0.3, -0.25) is 14.4 Å². The van der Waals surface area contributed by atoms with E-state index in [-0.39, 0.29) is 45.9 Å². The van der Waals surface area contributed by atoms with Gasteiger partial charge >= 0.3 is 0 Å². The maximum absolute atomic E-state index is 11.0. The van der Waals surface area contributed by atoms with Crippen LogP contribution in [-0.4, -0.2) is 44.9 Å². The van der Waals surface area contributed by atoms with Gasteiger partial charge in [0.05, 0.1) is 23.8 Å². The Morgan fingerprint density at radius 3 is 1.44 bits per heavy atom. The maximum Gasteiger partial charge on any atom is 0.163 e. The third-order valence-corrected chi connectivity index (χ3v) is 4.45. The van der Waals surface area contributed by atoms with Crippen LogP contribution in [0, 0.1) is 6.92 Å². The predicted molar refractivity (Wildman–Crippen MR) is 127 cm³/mol. The monoisotopic (exact) mass is 468 g/mol. The zero-order valence-electron chi connectivity index (χ0n) is 19.6. The van der Waals surface area contributed by atoms with Gasteiger partial charge in [0, 0.05) is 0 Å². The fourth-order valence-corrected chi connectivity index (χ4v) is 2.71. The molecule has 3 rings (SSSR count). The van der Waals surface area contributed by atoms with E-state index in [9.17, 15) is 19.5 Å². The molecule has 0 saturated heterocycles. The Morgan fingerprint density at radius 1 is 0.618 bits per heavy atom. The van der Waals surface area contributed by atoms with Gasteiger partial charge in [0.1, 0.15) is 28.7 Å². The van der Waals surface area contributed by atoms with E-state index < -0.39 is 0 Å². The first-order chi connectivity index (χ1) is 15.9. The van der Waals surface area contributed by atoms with Crippen molar-refractivity contribution in [3.8, 4) is 28.7 Å². The summed E-state index contributed by atoms with van der Waals surface area (Å²) < 4.78 is 4.93. The second kappa shape index (κ2) is 12.6. The molecule has 8 nitrogen and oxygen atoms in total. The summed E-state index contributed by atoms with van der Waals surface area (Å²) in [6, 6.07) is 13.2. The van der Waals surface area contributed by atoms with Crippen molar-refractivity contribution < 1.29 is 39.5 Å². The highest BCUT2D eigenvalue weighted by Gasteiger charge is 2.08.